The van der Waals surface area contributed by atoms with Crippen molar-refractivity contribution in [2.75, 3.05) is 0 Å². The van der Waals surface area contributed by atoms with Crippen LogP contribution in [0.15, 0.2) is 46.9 Å². The van der Waals surface area contributed by atoms with Crippen molar-refractivity contribution in [2.24, 2.45) is 0 Å². The highest BCUT2D eigenvalue weighted by molar-refractivity contribution is 5.84. The molecule has 0 atom stereocenters. The zero-order valence-electron chi connectivity index (χ0n) is 10.2. The first-order valence-corrected chi connectivity index (χ1v) is 5.83. The summed E-state index contributed by atoms with van der Waals surface area (Å²) in [6.45, 7) is 0. The molecule has 98 valence electrons. The first kappa shape index (κ1) is 12.0. The minimum atomic E-state index is -1.08. The monoisotopic (exact) mass is 267 g/mol. The molecule has 0 radical (unpaired) electrons. The van der Waals surface area contributed by atoms with Crippen LogP contribution >= 0.6 is 0 Å². The molecule has 2 heterocycles. The number of fused-ring (bicyclic) bond motifs is 1. The molecule has 0 saturated carbocycles. The van der Waals surface area contributed by atoms with E-state index < -0.39 is 5.97 Å². The topological polar surface area (TPSA) is 89.1 Å². The number of carboxylic acids is 1. The second kappa shape index (κ2) is 4.93. The summed E-state index contributed by atoms with van der Waals surface area (Å²) in [6.07, 6.45) is 2.17. The van der Waals surface area contributed by atoms with Crippen molar-refractivity contribution >= 4 is 22.9 Å². The highest BCUT2D eigenvalue weighted by atomic mass is 16.4. The second-order valence-corrected chi connectivity index (χ2v) is 4.01. The van der Waals surface area contributed by atoms with Gasteiger partial charge in [-0.15, -0.1) is 10.2 Å². The minimum absolute atomic E-state index is 0.123. The Labute approximate surface area is 113 Å². The molecule has 2 aromatic heterocycles. The summed E-state index contributed by atoms with van der Waals surface area (Å²) in [5.41, 5.74) is 1.37. The van der Waals surface area contributed by atoms with Crippen LogP contribution in [0.2, 0.25) is 0 Å². The first-order valence-electron chi connectivity index (χ1n) is 5.83. The van der Waals surface area contributed by atoms with Gasteiger partial charge in [-0.3, -0.25) is 0 Å². The number of hydrogen-bond acceptors (Lipinski definition) is 5. The Bertz CT molecular complexity index is 808. The van der Waals surface area contributed by atoms with Crippen LogP contribution < -0.4 is 0 Å². The van der Waals surface area contributed by atoms with E-state index in [1.165, 1.54) is 6.08 Å². The van der Waals surface area contributed by atoms with E-state index in [0.29, 0.717) is 5.69 Å². The van der Waals surface area contributed by atoms with Crippen LogP contribution in [0.3, 0.4) is 0 Å². The molecule has 0 aliphatic heterocycles. The lowest BCUT2D eigenvalue weighted by Gasteiger charge is -1.98. The lowest BCUT2D eigenvalue weighted by Crippen LogP contribution is -1.85. The van der Waals surface area contributed by atoms with E-state index in [9.17, 15) is 4.79 Å². The van der Waals surface area contributed by atoms with Crippen molar-refractivity contribution in [2.45, 2.75) is 0 Å². The van der Waals surface area contributed by atoms with E-state index >= 15 is 0 Å². The maximum atomic E-state index is 10.4. The van der Waals surface area contributed by atoms with Crippen LogP contribution in [0.4, 0.5) is 0 Å². The number of pyridine rings is 1. The van der Waals surface area contributed by atoms with Gasteiger partial charge in [-0.05, 0) is 12.1 Å². The molecule has 20 heavy (non-hydrogen) atoms. The number of nitrogens with zero attached hydrogens (tertiary/aromatic N) is 3. The molecule has 0 spiro atoms. The molecule has 3 aromatic rings. The van der Waals surface area contributed by atoms with Crippen LogP contribution in [-0.4, -0.2) is 26.3 Å². The summed E-state index contributed by atoms with van der Waals surface area (Å²) in [5, 5.41) is 17.1. The van der Waals surface area contributed by atoms with Gasteiger partial charge in [-0.2, -0.15) is 0 Å². The Morgan fingerprint density at radius 3 is 2.85 bits per heavy atom. The van der Waals surface area contributed by atoms with E-state index in [4.69, 9.17) is 9.52 Å². The fraction of sp³-hybridized carbons (Fsp3) is 0. The molecule has 1 aromatic carbocycles. The molecular weight excluding hydrogens is 258 g/mol. The van der Waals surface area contributed by atoms with Gasteiger partial charge in [-0.1, -0.05) is 24.3 Å². The number of para-hydroxylation sites is 1. The summed E-state index contributed by atoms with van der Waals surface area (Å²) >= 11 is 0. The summed E-state index contributed by atoms with van der Waals surface area (Å²) < 4.78 is 5.33. The molecule has 6 heteroatoms. The van der Waals surface area contributed by atoms with Gasteiger partial charge in [0.2, 0.25) is 5.89 Å². The van der Waals surface area contributed by atoms with E-state index in [1.54, 1.807) is 6.07 Å². The molecular formula is C14H9N3O3. The number of aliphatic carboxylic acids is 1. The van der Waals surface area contributed by atoms with Gasteiger partial charge >= 0.3 is 5.97 Å². The Kier molecular flexibility index (Phi) is 2.96. The van der Waals surface area contributed by atoms with E-state index in [0.717, 1.165) is 17.0 Å². The van der Waals surface area contributed by atoms with Gasteiger partial charge in [-0.25, -0.2) is 9.78 Å². The predicted molar refractivity (Wildman–Crippen MR) is 71.7 cm³/mol. The van der Waals surface area contributed by atoms with Crippen LogP contribution in [0.25, 0.3) is 28.6 Å². The minimum Gasteiger partial charge on any atom is -0.478 e. The fourth-order valence-corrected chi connectivity index (χ4v) is 1.73. The van der Waals surface area contributed by atoms with Crippen molar-refractivity contribution in [3.05, 3.63) is 48.4 Å². The number of carboxylic acid groups (broad SMARTS) is 1. The maximum Gasteiger partial charge on any atom is 0.328 e. The molecule has 0 amide bonds. The van der Waals surface area contributed by atoms with Crippen molar-refractivity contribution in [1.29, 1.82) is 0 Å². The van der Waals surface area contributed by atoms with Crippen LogP contribution in [0.5, 0.6) is 0 Å². The van der Waals surface area contributed by atoms with Crippen molar-refractivity contribution in [3.8, 4) is 11.6 Å². The smallest absolute Gasteiger partial charge is 0.328 e. The Balaban J connectivity index is 1.96. The standard InChI is InChI=1S/C14H9N3O3/c18-13(19)8-7-12-16-17-14(20-12)11-6-5-9-3-1-2-4-10(9)15-11/h1-8H,(H,18,19)/b8-7+. The zero-order valence-corrected chi connectivity index (χ0v) is 10.2. The number of rotatable bonds is 3. The summed E-state index contributed by atoms with van der Waals surface area (Å²) in [5.74, 6) is -0.702. The summed E-state index contributed by atoms with van der Waals surface area (Å²) in [6, 6.07) is 11.4. The van der Waals surface area contributed by atoms with E-state index in [-0.39, 0.29) is 11.8 Å². The van der Waals surface area contributed by atoms with Gasteiger partial charge in [0.05, 0.1) is 5.52 Å². The molecule has 3 rings (SSSR count). The number of carbonyl (C=O) groups is 1. The van der Waals surface area contributed by atoms with Gasteiger partial charge in [0.15, 0.2) is 0 Å². The Morgan fingerprint density at radius 1 is 1.15 bits per heavy atom. The highest BCUT2D eigenvalue weighted by Gasteiger charge is 2.09. The van der Waals surface area contributed by atoms with E-state index in [1.807, 2.05) is 30.3 Å². The quantitative estimate of drug-likeness (QED) is 0.733. The first-order chi connectivity index (χ1) is 9.72. The van der Waals surface area contributed by atoms with Gasteiger partial charge < -0.3 is 9.52 Å². The fourth-order valence-electron chi connectivity index (χ4n) is 1.73. The molecule has 0 saturated heterocycles. The zero-order chi connectivity index (χ0) is 13.9. The van der Waals surface area contributed by atoms with Crippen molar-refractivity contribution < 1.29 is 14.3 Å². The van der Waals surface area contributed by atoms with Gasteiger partial charge in [0.25, 0.3) is 5.89 Å². The number of aromatic nitrogens is 3. The average Bonchev–Trinajstić information content (AvgIpc) is 2.93. The van der Waals surface area contributed by atoms with Crippen LogP contribution in [-0.2, 0) is 4.79 Å². The molecule has 0 aliphatic carbocycles. The molecule has 1 N–H and O–H groups in total. The molecule has 0 bridgehead atoms. The summed E-state index contributed by atoms with van der Waals surface area (Å²) in [7, 11) is 0. The summed E-state index contributed by atoms with van der Waals surface area (Å²) in [4.78, 5) is 14.8. The van der Waals surface area contributed by atoms with Gasteiger partial charge in [0, 0.05) is 17.5 Å². The van der Waals surface area contributed by atoms with Crippen LogP contribution in [0.1, 0.15) is 5.89 Å². The molecule has 0 fully saturated rings. The molecule has 0 unspecified atom stereocenters. The third-order valence-corrected chi connectivity index (χ3v) is 2.63. The highest BCUT2D eigenvalue weighted by Crippen LogP contribution is 2.20. The largest absolute Gasteiger partial charge is 0.478 e. The maximum absolute atomic E-state index is 10.4. The second-order valence-electron chi connectivity index (χ2n) is 4.01. The van der Waals surface area contributed by atoms with E-state index in [2.05, 4.69) is 15.2 Å². The number of benzene rings is 1. The Hall–Kier alpha value is -3.02. The van der Waals surface area contributed by atoms with Gasteiger partial charge in [0.1, 0.15) is 5.69 Å². The molecule has 0 aliphatic rings. The third-order valence-electron chi connectivity index (χ3n) is 2.63. The normalized spacial score (nSPS) is 11.2. The SMILES string of the molecule is O=C(O)/C=C/c1nnc(-c2ccc3ccccc3n2)o1. The number of hydrogen-bond donors (Lipinski definition) is 1. The lowest BCUT2D eigenvalue weighted by molar-refractivity contribution is -0.131. The third kappa shape index (κ3) is 2.39. The van der Waals surface area contributed by atoms with Crippen molar-refractivity contribution in [3.63, 3.8) is 0 Å². The molecule has 6 nitrogen and oxygen atoms in total. The Morgan fingerprint density at radius 2 is 2.00 bits per heavy atom. The van der Waals surface area contributed by atoms with Crippen LogP contribution in [0, 0.1) is 0 Å². The lowest BCUT2D eigenvalue weighted by atomic mass is 10.2. The predicted octanol–water partition coefficient (Wildman–Crippen LogP) is 2.38. The van der Waals surface area contributed by atoms with Crippen molar-refractivity contribution in [1.82, 2.24) is 15.2 Å². The average molecular weight is 267 g/mol.